The third-order valence-electron chi connectivity index (χ3n) is 2.98. The van der Waals surface area contributed by atoms with E-state index in [1.807, 2.05) is 6.92 Å². The molecule has 2 unspecified atom stereocenters. The molecule has 0 radical (unpaired) electrons. The van der Waals surface area contributed by atoms with Crippen molar-refractivity contribution in [1.82, 2.24) is 0 Å². The summed E-state index contributed by atoms with van der Waals surface area (Å²) in [5.74, 6) is -1.47. The second-order valence-electron chi connectivity index (χ2n) is 4.37. The topological polar surface area (TPSA) is 0 Å². The summed E-state index contributed by atoms with van der Waals surface area (Å²) >= 11 is 0. The van der Waals surface area contributed by atoms with Crippen molar-refractivity contribution < 1.29 is 13.2 Å². The first-order valence-corrected chi connectivity index (χ1v) is 5.75. The van der Waals surface area contributed by atoms with Crippen LogP contribution in [0.5, 0.6) is 0 Å². The molecule has 2 atom stereocenters. The predicted octanol–water partition coefficient (Wildman–Crippen LogP) is 4.65. The van der Waals surface area contributed by atoms with Crippen LogP contribution in [0.3, 0.4) is 0 Å². The molecule has 0 heterocycles. The zero-order chi connectivity index (χ0) is 13.1. The summed E-state index contributed by atoms with van der Waals surface area (Å²) < 4.78 is 39.2. The molecule has 1 aromatic rings. The van der Waals surface area contributed by atoms with Crippen molar-refractivity contribution in [3.8, 4) is 0 Å². The summed E-state index contributed by atoms with van der Waals surface area (Å²) in [5.41, 5.74) is 0.298. The summed E-state index contributed by atoms with van der Waals surface area (Å²) in [4.78, 5) is 0. The van der Waals surface area contributed by atoms with Gasteiger partial charge in [-0.05, 0) is 30.2 Å². The standard InChI is InChI=1S/C15H13F3/c1-10-2-6-13(16)8-12(10)4-3-11-5-7-14(17)9-15(11)18/h2-10,12H,1H3/b4-3+. The third-order valence-corrected chi connectivity index (χ3v) is 2.98. The number of rotatable bonds is 2. The summed E-state index contributed by atoms with van der Waals surface area (Å²) in [6, 6.07) is 3.40. The van der Waals surface area contributed by atoms with E-state index in [4.69, 9.17) is 0 Å². The number of hydrogen-bond acceptors (Lipinski definition) is 0. The van der Waals surface area contributed by atoms with E-state index in [0.29, 0.717) is 5.56 Å². The van der Waals surface area contributed by atoms with Crippen LogP contribution in [-0.4, -0.2) is 0 Å². The average molecular weight is 250 g/mol. The minimum absolute atomic E-state index is 0.112. The van der Waals surface area contributed by atoms with E-state index in [0.717, 1.165) is 6.07 Å². The molecule has 0 saturated heterocycles. The maximum Gasteiger partial charge on any atom is 0.133 e. The van der Waals surface area contributed by atoms with Crippen LogP contribution in [0.1, 0.15) is 12.5 Å². The fourth-order valence-corrected chi connectivity index (χ4v) is 1.85. The minimum atomic E-state index is -0.616. The van der Waals surface area contributed by atoms with E-state index in [1.54, 1.807) is 18.2 Å². The molecule has 0 aliphatic heterocycles. The summed E-state index contributed by atoms with van der Waals surface area (Å²) in [6.45, 7) is 1.95. The molecule has 3 heteroatoms. The van der Waals surface area contributed by atoms with Gasteiger partial charge in [0.05, 0.1) is 0 Å². The first-order valence-electron chi connectivity index (χ1n) is 5.75. The first kappa shape index (κ1) is 12.7. The Morgan fingerprint density at radius 1 is 1.17 bits per heavy atom. The van der Waals surface area contributed by atoms with Gasteiger partial charge in [-0.2, -0.15) is 0 Å². The Hall–Kier alpha value is -1.77. The molecule has 0 bridgehead atoms. The highest BCUT2D eigenvalue weighted by Gasteiger charge is 2.14. The van der Waals surface area contributed by atoms with Crippen molar-refractivity contribution >= 4 is 6.08 Å². The van der Waals surface area contributed by atoms with E-state index < -0.39 is 11.6 Å². The SMILES string of the molecule is CC1C=CC(F)=CC1/C=C/c1ccc(F)cc1F. The van der Waals surface area contributed by atoms with Crippen LogP contribution in [0.2, 0.25) is 0 Å². The second-order valence-corrected chi connectivity index (χ2v) is 4.37. The Balaban J connectivity index is 2.18. The normalized spacial score (nSPS) is 23.4. The molecule has 2 rings (SSSR count). The lowest BCUT2D eigenvalue weighted by molar-refractivity contribution is 0.560. The Labute approximate surface area is 104 Å². The van der Waals surface area contributed by atoms with Crippen molar-refractivity contribution in [2.45, 2.75) is 6.92 Å². The molecule has 0 amide bonds. The van der Waals surface area contributed by atoms with Gasteiger partial charge < -0.3 is 0 Å². The van der Waals surface area contributed by atoms with Crippen LogP contribution in [0, 0.1) is 23.5 Å². The third kappa shape index (κ3) is 2.92. The minimum Gasteiger partial charge on any atom is -0.207 e. The van der Waals surface area contributed by atoms with Gasteiger partial charge in [0.15, 0.2) is 0 Å². The fraction of sp³-hybridized carbons (Fsp3) is 0.200. The van der Waals surface area contributed by atoms with E-state index >= 15 is 0 Å². The van der Waals surface area contributed by atoms with E-state index in [-0.39, 0.29) is 17.7 Å². The lowest BCUT2D eigenvalue weighted by Crippen LogP contribution is -2.07. The van der Waals surface area contributed by atoms with Crippen LogP contribution < -0.4 is 0 Å². The highest BCUT2D eigenvalue weighted by atomic mass is 19.1. The van der Waals surface area contributed by atoms with Gasteiger partial charge in [0.2, 0.25) is 0 Å². The highest BCUT2D eigenvalue weighted by molar-refractivity contribution is 5.51. The van der Waals surface area contributed by atoms with Crippen LogP contribution in [-0.2, 0) is 0 Å². The molecule has 0 saturated carbocycles. The highest BCUT2D eigenvalue weighted by Crippen LogP contribution is 2.25. The Kier molecular flexibility index (Phi) is 3.70. The molecule has 94 valence electrons. The van der Waals surface area contributed by atoms with Crippen LogP contribution in [0.25, 0.3) is 6.08 Å². The monoisotopic (exact) mass is 250 g/mol. The summed E-state index contributed by atoms with van der Waals surface area (Å²) in [7, 11) is 0. The van der Waals surface area contributed by atoms with Crippen molar-refractivity contribution in [3.05, 3.63) is 65.5 Å². The number of halogens is 3. The van der Waals surface area contributed by atoms with Gasteiger partial charge in [-0.3, -0.25) is 0 Å². The van der Waals surface area contributed by atoms with Gasteiger partial charge >= 0.3 is 0 Å². The van der Waals surface area contributed by atoms with E-state index in [1.165, 1.54) is 24.3 Å². The number of hydrogen-bond donors (Lipinski definition) is 0. The Morgan fingerprint density at radius 3 is 2.67 bits per heavy atom. The predicted molar refractivity (Wildman–Crippen MR) is 66.4 cm³/mol. The van der Waals surface area contributed by atoms with Crippen molar-refractivity contribution in [2.75, 3.05) is 0 Å². The Bertz CT molecular complexity index is 527. The molecule has 1 aromatic carbocycles. The molecule has 1 aliphatic carbocycles. The number of allylic oxidation sites excluding steroid dienone is 5. The largest absolute Gasteiger partial charge is 0.207 e. The Morgan fingerprint density at radius 2 is 1.94 bits per heavy atom. The van der Waals surface area contributed by atoms with Crippen molar-refractivity contribution in [1.29, 1.82) is 0 Å². The van der Waals surface area contributed by atoms with E-state index in [9.17, 15) is 13.2 Å². The fourth-order valence-electron chi connectivity index (χ4n) is 1.85. The van der Waals surface area contributed by atoms with Gasteiger partial charge in [-0.15, -0.1) is 0 Å². The van der Waals surface area contributed by atoms with Gasteiger partial charge in [-0.25, -0.2) is 13.2 Å². The van der Waals surface area contributed by atoms with E-state index in [2.05, 4.69) is 0 Å². The quantitative estimate of drug-likeness (QED) is 0.716. The molecule has 0 N–H and O–H groups in total. The molecule has 1 aliphatic rings. The first-order chi connectivity index (χ1) is 8.56. The van der Waals surface area contributed by atoms with Crippen molar-refractivity contribution in [3.63, 3.8) is 0 Å². The van der Waals surface area contributed by atoms with Crippen LogP contribution in [0.15, 0.2) is 48.3 Å². The molecule has 0 aromatic heterocycles. The summed E-state index contributed by atoms with van der Waals surface area (Å²) in [5, 5.41) is 0. The van der Waals surface area contributed by atoms with Crippen LogP contribution >= 0.6 is 0 Å². The average Bonchev–Trinajstić information content (AvgIpc) is 2.32. The lowest BCUT2D eigenvalue weighted by Gasteiger charge is -2.17. The maximum atomic E-state index is 13.4. The van der Waals surface area contributed by atoms with Gasteiger partial charge in [0.1, 0.15) is 17.5 Å². The molecular weight excluding hydrogens is 237 g/mol. The zero-order valence-electron chi connectivity index (χ0n) is 9.91. The molecule has 0 spiro atoms. The van der Waals surface area contributed by atoms with Crippen molar-refractivity contribution in [2.24, 2.45) is 11.8 Å². The number of benzene rings is 1. The molecule has 0 fully saturated rings. The van der Waals surface area contributed by atoms with Gasteiger partial charge in [-0.1, -0.05) is 25.2 Å². The smallest absolute Gasteiger partial charge is 0.133 e. The molecule has 18 heavy (non-hydrogen) atoms. The lowest BCUT2D eigenvalue weighted by atomic mass is 9.89. The van der Waals surface area contributed by atoms with Crippen LogP contribution in [0.4, 0.5) is 13.2 Å². The zero-order valence-corrected chi connectivity index (χ0v) is 9.91. The van der Waals surface area contributed by atoms with Gasteiger partial charge in [0.25, 0.3) is 0 Å². The van der Waals surface area contributed by atoms with Gasteiger partial charge in [0, 0.05) is 17.5 Å². The molecular formula is C15H13F3. The maximum absolute atomic E-state index is 13.4. The summed E-state index contributed by atoms with van der Waals surface area (Å²) in [6.07, 6.45) is 7.96. The second kappa shape index (κ2) is 5.25. The molecule has 0 nitrogen and oxygen atoms in total.